The molecule has 3 rings (SSSR count). The van der Waals surface area contributed by atoms with Crippen molar-refractivity contribution < 1.29 is 9.47 Å². The van der Waals surface area contributed by atoms with Crippen LogP contribution >= 0.6 is 0 Å². The van der Waals surface area contributed by atoms with E-state index < -0.39 is 0 Å². The van der Waals surface area contributed by atoms with Crippen LogP contribution in [0, 0.1) is 0 Å². The summed E-state index contributed by atoms with van der Waals surface area (Å²) >= 11 is 0. The van der Waals surface area contributed by atoms with E-state index in [0.717, 1.165) is 6.42 Å². The van der Waals surface area contributed by atoms with Gasteiger partial charge in [-0.25, -0.2) is 0 Å². The van der Waals surface area contributed by atoms with Crippen LogP contribution in [0.3, 0.4) is 0 Å². The Morgan fingerprint density at radius 1 is 1.00 bits per heavy atom. The van der Waals surface area contributed by atoms with Crippen LogP contribution < -0.4 is 0 Å². The summed E-state index contributed by atoms with van der Waals surface area (Å²) in [6, 6.07) is 14.9. The highest BCUT2D eigenvalue weighted by atomic mass is 16.7. The Hall–Kier alpha value is -1.64. The first-order valence-electron chi connectivity index (χ1n) is 6.30. The van der Waals surface area contributed by atoms with E-state index in [0.29, 0.717) is 13.2 Å². The molecule has 2 heteroatoms. The molecule has 0 bridgehead atoms. The molecule has 1 fully saturated rings. The Bertz CT molecular complexity index is 554. The summed E-state index contributed by atoms with van der Waals surface area (Å²) < 4.78 is 10.8. The lowest BCUT2D eigenvalue weighted by atomic mass is 10.1. The molecule has 1 heterocycles. The van der Waals surface area contributed by atoms with Gasteiger partial charge in [0.05, 0.1) is 13.2 Å². The number of benzene rings is 2. The number of hydrogen-bond donors (Lipinski definition) is 0. The standard InChI is InChI=1S/C16H16O2/c1-2-6-15-12-13(8-9-14(15)5-1)4-3-7-16-17-10-11-18-16/h1-6,8-9,12,16H,7,10-11H2. The number of ether oxygens (including phenoxy) is 2. The number of fused-ring (bicyclic) bond motifs is 1. The predicted octanol–water partition coefficient (Wildman–Crippen LogP) is 3.62. The maximum absolute atomic E-state index is 5.39. The molecule has 1 aliphatic heterocycles. The Balaban J connectivity index is 1.71. The second-order valence-electron chi connectivity index (χ2n) is 4.42. The zero-order chi connectivity index (χ0) is 12.2. The van der Waals surface area contributed by atoms with Gasteiger partial charge in [-0.2, -0.15) is 0 Å². The SMILES string of the molecule is C(=Cc1ccc2ccccc2c1)CC1OCCO1. The molecule has 0 atom stereocenters. The molecule has 1 aliphatic rings. The van der Waals surface area contributed by atoms with Crippen molar-refractivity contribution >= 4 is 16.8 Å². The summed E-state index contributed by atoms with van der Waals surface area (Å²) in [5.41, 5.74) is 1.21. The molecule has 0 saturated carbocycles. The fraction of sp³-hybridized carbons (Fsp3) is 0.250. The summed E-state index contributed by atoms with van der Waals surface area (Å²) in [6.07, 6.45) is 4.99. The molecule has 2 aromatic carbocycles. The van der Waals surface area contributed by atoms with Crippen LogP contribution in [-0.2, 0) is 9.47 Å². The zero-order valence-corrected chi connectivity index (χ0v) is 10.2. The van der Waals surface area contributed by atoms with Crippen LogP contribution in [0.1, 0.15) is 12.0 Å². The van der Waals surface area contributed by atoms with Gasteiger partial charge >= 0.3 is 0 Å². The summed E-state index contributed by atoms with van der Waals surface area (Å²) in [6.45, 7) is 1.43. The predicted molar refractivity (Wildman–Crippen MR) is 73.3 cm³/mol. The molecule has 0 unspecified atom stereocenters. The van der Waals surface area contributed by atoms with Gasteiger partial charge in [-0.15, -0.1) is 0 Å². The van der Waals surface area contributed by atoms with Gasteiger partial charge in [0, 0.05) is 6.42 Å². The smallest absolute Gasteiger partial charge is 0.161 e. The monoisotopic (exact) mass is 240 g/mol. The molecule has 2 aromatic rings. The van der Waals surface area contributed by atoms with E-state index in [2.05, 4.69) is 54.6 Å². The van der Waals surface area contributed by atoms with Crippen molar-refractivity contribution in [2.45, 2.75) is 12.7 Å². The Labute approximate surface area is 107 Å². The lowest BCUT2D eigenvalue weighted by molar-refractivity contribution is -0.0379. The number of rotatable bonds is 3. The van der Waals surface area contributed by atoms with Crippen LogP contribution in [-0.4, -0.2) is 19.5 Å². The second-order valence-corrected chi connectivity index (χ2v) is 4.42. The molecule has 0 aromatic heterocycles. The molecule has 1 saturated heterocycles. The highest BCUT2D eigenvalue weighted by Gasteiger charge is 2.13. The van der Waals surface area contributed by atoms with Crippen molar-refractivity contribution in [1.82, 2.24) is 0 Å². The van der Waals surface area contributed by atoms with Gasteiger partial charge in [-0.1, -0.05) is 48.6 Å². The Kier molecular flexibility index (Phi) is 3.40. The summed E-state index contributed by atoms with van der Waals surface area (Å²) in [5, 5.41) is 2.55. The fourth-order valence-electron chi connectivity index (χ4n) is 2.17. The average Bonchev–Trinajstić information content (AvgIpc) is 2.92. The van der Waals surface area contributed by atoms with Crippen molar-refractivity contribution in [3.05, 3.63) is 54.1 Å². The first kappa shape index (κ1) is 11.5. The minimum absolute atomic E-state index is 0.0540. The van der Waals surface area contributed by atoms with Gasteiger partial charge in [0.2, 0.25) is 0 Å². The fourth-order valence-corrected chi connectivity index (χ4v) is 2.17. The molecular weight excluding hydrogens is 224 g/mol. The van der Waals surface area contributed by atoms with E-state index in [-0.39, 0.29) is 6.29 Å². The third kappa shape index (κ3) is 2.61. The first-order valence-corrected chi connectivity index (χ1v) is 6.30. The summed E-state index contributed by atoms with van der Waals surface area (Å²) in [4.78, 5) is 0. The van der Waals surface area contributed by atoms with Gasteiger partial charge in [-0.05, 0) is 22.4 Å². The Morgan fingerprint density at radius 2 is 1.78 bits per heavy atom. The molecule has 92 valence electrons. The van der Waals surface area contributed by atoms with Crippen molar-refractivity contribution in [1.29, 1.82) is 0 Å². The van der Waals surface area contributed by atoms with Crippen molar-refractivity contribution in [2.24, 2.45) is 0 Å². The van der Waals surface area contributed by atoms with E-state index in [4.69, 9.17) is 9.47 Å². The van der Waals surface area contributed by atoms with Gasteiger partial charge < -0.3 is 9.47 Å². The maximum Gasteiger partial charge on any atom is 0.161 e. The molecule has 0 spiro atoms. The largest absolute Gasteiger partial charge is 0.350 e. The lowest BCUT2D eigenvalue weighted by Crippen LogP contribution is -2.04. The van der Waals surface area contributed by atoms with Gasteiger partial charge in [0.1, 0.15) is 0 Å². The zero-order valence-electron chi connectivity index (χ0n) is 10.2. The van der Waals surface area contributed by atoms with Crippen LogP contribution in [0.25, 0.3) is 16.8 Å². The summed E-state index contributed by atoms with van der Waals surface area (Å²) in [7, 11) is 0. The van der Waals surface area contributed by atoms with Crippen LogP contribution in [0.4, 0.5) is 0 Å². The molecule has 0 amide bonds. The Morgan fingerprint density at radius 3 is 2.61 bits per heavy atom. The van der Waals surface area contributed by atoms with E-state index in [1.54, 1.807) is 0 Å². The van der Waals surface area contributed by atoms with E-state index in [1.165, 1.54) is 16.3 Å². The topological polar surface area (TPSA) is 18.5 Å². The highest BCUT2D eigenvalue weighted by Crippen LogP contribution is 2.17. The van der Waals surface area contributed by atoms with Crippen molar-refractivity contribution in [3.63, 3.8) is 0 Å². The maximum atomic E-state index is 5.39. The summed E-state index contributed by atoms with van der Waals surface area (Å²) in [5.74, 6) is 0. The number of hydrogen-bond acceptors (Lipinski definition) is 2. The van der Waals surface area contributed by atoms with Crippen molar-refractivity contribution in [3.8, 4) is 0 Å². The van der Waals surface area contributed by atoms with Gasteiger partial charge in [0.25, 0.3) is 0 Å². The molecule has 0 N–H and O–H groups in total. The quantitative estimate of drug-likeness (QED) is 0.815. The van der Waals surface area contributed by atoms with E-state index >= 15 is 0 Å². The molecular formula is C16H16O2. The minimum atomic E-state index is -0.0540. The normalized spacial score (nSPS) is 16.9. The molecule has 18 heavy (non-hydrogen) atoms. The third-order valence-corrected chi connectivity index (χ3v) is 3.10. The lowest BCUT2D eigenvalue weighted by Gasteiger charge is -2.04. The minimum Gasteiger partial charge on any atom is -0.350 e. The van der Waals surface area contributed by atoms with Crippen molar-refractivity contribution in [2.75, 3.05) is 13.2 Å². The first-order chi connectivity index (χ1) is 8.92. The van der Waals surface area contributed by atoms with Gasteiger partial charge in [0.15, 0.2) is 6.29 Å². The van der Waals surface area contributed by atoms with E-state index in [1.807, 2.05) is 0 Å². The third-order valence-electron chi connectivity index (χ3n) is 3.10. The molecule has 0 aliphatic carbocycles. The van der Waals surface area contributed by atoms with Crippen LogP contribution in [0.15, 0.2) is 48.5 Å². The average molecular weight is 240 g/mol. The van der Waals surface area contributed by atoms with Crippen LogP contribution in [0.2, 0.25) is 0 Å². The van der Waals surface area contributed by atoms with Gasteiger partial charge in [-0.3, -0.25) is 0 Å². The molecule has 0 radical (unpaired) electrons. The van der Waals surface area contributed by atoms with E-state index in [9.17, 15) is 0 Å². The van der Waals surface area contributed by atoms with Crippen LogP contribution in [0.5, 0.6) is 0 Å². The highest BCUT2D eigenvalue weighted by molar-refractivity contribution is 5.84. The second kappa shape index (κ2) is 5.34. The molecule has 2 nitrogen and oxygen atoms in total.